The first-order valence-electron chi connectivity index (χ1n) is 7.99. The summed E-state index contributed by atoms with van der Waals surface area (Å²) in [5.41, 5.74) is 0.565. The van der Waals surface area contributed by atoms with E-state index in [1.807, 2.05) is 0 Å². The van der Waals surface area contributed by atoms with Crippen LogP contribution in [0.3, 0.4) is 0 Å². The summed E-state index contributed by atoms with van der Waals surface area (Å²) in [7, 11) is -2.43. The van der Waals surface area contributed by atoms with Gasteiger partial charge in [-0.15, -0.1) is 0 Å². The van der Waals surface area contributed by atoms with Crippen LogP contribution in [0.4, 0.5) is 14.5 Å². The third-order valence-electron chi connectivity index (χ3n) is 3.89. The highest BCUT2D eigenvalue weighted by Gasteiger charge is 2.29. The Kier molecular flexibility index (Phi) is 6.37. The second-order valence-electron chi connectivity index (χ2n) is 5.86. The lowest BCUT2D eigenvalue weighted by Gasteiger charge is -2.28. The lowest BCUT2D eigenvalue weighted by atomic mass is 10.2. The Morgan fingerprint density at radius 3 is 2.44 bits per heavy atom. The third kappa shape index (κ3) is 4.94. The Morgan fingerprint density at radius 1 is 1.19 bits per heavy atom. The van der Waals surface area contributed by atoms with Gasteiger partial charge in [0.15, 0.2) is 11.6 Å². The highest BCUT2D eigenvalue weighted by Crippen LogP contribution is 2.23. The van der Waals surface area contributed by atoms with Crippen LogP contribution >= 0.6 is 0 Å². The van der Waals surface area contributed by atoms with Gasteiger partial charge in [0, 0.05) is 18.2 Å². The molecule has 1 atom stereocenters. The van der Waals surface area contributed by atoms with E-state index in [0.29, 0.717) is 11.3 Å². The van der Waals surface area contributed by atoms with Crippen molar-refractivity contribution in [2.24, 2.45) is 0 Å². The van der Waals surface area contributed by atoms with E-state index >= 15 is 0 Å². The number of halogens is 2. The Hall–Kier alpha value is -2.68. The van der Waals surface area contributed by atoms with Crippen LogP contribution in [-0.2, 0) is 21.4 Å². The van der Waals surface area contributed by atoms with E-state index < -0.39 is 33.6 Å². The highest BCUT2D eigenvalue weighted by molar-refractivity contribution is 7.92. The minimum Gasteiger partial charge on any atom is -0.496 e. The van der Waals surface area contributed by atoms with E-state index in [1.54, 1.807) is 24.3 Å². The second kappa shape index (κ2) is 8.34. The summed E-state index contributed by atoms with van der Waals surface area (Å²) in [5.74, 6) is -2.34. The largest absolute Gasteiger partial charge is 0.496 e. The van der Waals surface area contributed by atoms with Gasteiger partial charge >= 0.3 is 0 Å². The zero-order valence-electron chi connectivity index (χ0n) is 15.1. The molecule has 1 unspecified atom stereocenters. The van der Waals surface area contributed by atoms with E-state index in [1.165, 1.54) is 14.0 Å². The quantitative estimate of drug-likeness (QED) is 0.777. The second-order valence-corrected chi connectivity index (χ2v) is 7.72. The number of methoxy groups -OCH3 is 1. The van der Waals surface area contributed by atoms with Gasteiger partial charge in [-0.25, -0.2) is 17.2 Å². The summed E-state index contributed by atoms with van der Waals surface area (Å²) in [6.07, 6.45) is 0.887. The fraction of sp³-hybridized carbons (Fsp3) is 0.278. The van der Waals surface area contributed by atoms with Crippen LogP contribution in [-0.4, -0.2) is 33.7 Å². The van der Waals surface area contributed by atoms with Crippen LogP contribution in [0.25, 0.3) is 0 Å². The molecule has 0 radical (unpaired) electrons. The van der Waals surface area contributed by atoms with Gasteiger partial charge in [0.2, 0.25) is 15.9 Å². The number of para-hydroxylation sites is 1. The molecule has 0 heterocycles. The number of carbonyl (C=O) groups is 1. The topological polar surface area (TPSA) is 75.7 Å². The van der Waals surface area contributed by atoms with Gasteiger partial charge in [0.05, 0.1) is 19.1 Å². The van der Waals surface area contributed by atoms with Gasteiger partial charge in [0.1, 0.15) is 11.8 Å². The lowest BCUT2D eigenvalue weighted by molar-refractivity contribution is -0.122. The molecular weight excluding hydrogens is 378 g/mol. The average Bonchev–Trinajstić information content (AvgIpc) is 2.61. The van der Waals surface area contributed by atoms with Crippen LogP contribution < -0.4 is 14.4 Å². The minimum absolute atomic E-state index is 0.114. The zero-order valence-corrected chi connectivity index (χ0v) is 15.9. The number of hydrogen-bond donors (Lipinski definition) is 1. The number of ether oxygens (including phenoxy) is 1. The maximum atomic E-state index is 13.5. The van der Waals surface area contributed by atoms with E-state index in [-0.39, 0.29) is 12.2 Å². The lowest BCUT2D eigenvalue weighted by Crippen LogP contribution is -2.47. The molecule has 2 aromatic carbocycles. The molecule has 0 aliphatic carbocycles. The van der Waals surface area contributed by atoms with Crippen molar-refractivity contribution in [3.8, 4) is 5.75 Å². The molecule has 0 saturated heterocycles. The molecule has 0 bridgehead atoms. The molecule has 0 saturated carbocycles. The fourth-order valence-electron chi connectivity index (χ4n) is 2.61. The molecular formula is C18H20F2N2O4S. The van der Waals surface area contributed by atoms with Gasteiger partial charge in [-0.1, -0.05) is 18.2 Å². The Bertz CT molecular complexity index is 935. The van der Waals surface area contributed by atoms with Crippen molar-refractivity contribution in [2.45, 2.75) is 19.5 Å². The Morgan fingerprint density at radius 2 is 1.85 bits per heavy atom. The monoisotopic (exact) mass is 398 g/mol. The van der Waals surface area contributed by atoms with Crippen LogP contribution in [0.5, 0.6) is 5.75 Å². The van der Waals surface area contributed by atoms with Crippen molar-refractivity contribution in [1.29, 1.82) is 0 Å². The third-order valence-corrected chi connectivity index (χ3v) is 5.13. The number of carbonyl (C=O) groups excluding carboxylic acids is 1. The molecule has 0 fully saturated rings. The number of rotatable bonds is 7. The van der Waals surface area contributed by atoms with Crippen molar-refractivity contribution in [2.75, 3.05) is 17.7 Å². The molecule has 0 aromatic heterocycles. The van der Waals surface area contributed by atoms with Gasteiger partial charge in [-0.3, -0.25) is 9.10 Å². The van der Waals surface area contributed by atoms with E-state index in [4.69, 9.17) is 4.74 Å². The van der Waals surface area contributed by atoms with Crippen LogP contribution in [0.1, 0.15) is 12.5 Å². The number of sulfonamides is 1. The molecule has 1 amide bonds. The number of hydrogen-bond acceptors (Lipinski definition) is 4. The Labute approximate surface area is 156 Å². The normalized spacial score (nSPS) is 12.3. The van der Waals surface area contributed by atoms with E-state index in [9.17, 15) is 22.0 Å². The van der Waals surface area contributed by atoms with E-state index in [2.05, 4.69) is 5.32 Å². The smallest absolute Gasteiger partial charge is 0.243 e. The standard InChI is InChI=1S/C18H20F2N2O4S/c1-12(18(23)21-11-13-6-4-5-7-17(13)26-2)22(27(3,24)25)14-8-9-15(19)16(20)10-14/h4-10,12H,11H2,1-3H3,(H,21,23). The molecule has 27 heavy (non-hydrogen) atoms. The van der Waals surface area contributed by atoms with Crippen molar-refractivity contribution in [3.05, 3.63) is 59.7 Å². The molecule has 0 aliphatic heterocycles. The van der Waals surface area contributed by atoms with Crippen LogP contribution in [0.15, 0.2) is 42.5 Å². The first kappa shape index (κ1) is 20.6. The van der Waals surface area contributed by atoms with Crippen molar-refractivity contribution in [3.63, 3.8) is 0 Å². The molecule has 146 valence electrons. The first-order valence-corrected chi connectivity index (χ1v) is 9.84. The average molecular weight is 398 g/mol. The molecule has 1 N–H and O–H groups in total. The maximum Gasteiger partial charge on any atom is 0.243 e. The fourth-order valence-corrected chi connectivity index (χ4v) is 3.78. The molecule has 0 aliphatic rings. The summed E-state index contributed by atoms with van der Waals surface area (Å²) < 4.78 is 57.0. The number of anilines is 1. The summed E-state index contributed by atoms with van der Waals surface area (Å²) in [6, 6.07) is 8.51. The van der Waals surface area contributed by atoms with Gasteiger partial charge in [-0.05, 0) is 25.1 Å². The first-order chi connectivity index (χ1) is 12.6. The van der Waals surface area contributed by atoms with Crippen molar-refractivity contribution >= 4 is 21.6 Å². The Balaban J connectivity index is 2.23. The van der Waals surface area contributed by atoms with Gasteiger partial charge in [0.25, 0.3) is 0 Å². The van der Waals surface area contributed by atoms with Crippen LogP contribution in [0.2, 0.25) is 0 Å². The van der Waals surface area contributed by atoms with Crippen molar-refractivity contribution < 1.29 is 26.7 Å². The zero-order chi connectivity index (χ0) is 20.2. The molecule has 0 spiro atoms. The minimum atomic E-state index is -3.93. The predicted molar refractivity (Wildman–Crippen MR) is 98.0 cm³/mol. The van der Waals surface area contributed by atoms with Gasteiger partial charge in [-0.2, -0.15) is 0 Å². The number of nitrogens with zero attached hydrogens (tertiary/aromatic N) is 1. The molecule has 6 nitrogen and oxygen atoms in total. The summed E-state index contributed by atoms with van der Waals surface area (Å²) in [5, 5.41) is 2.63. The predicted octanol–water partition coefficient (Wildman–Crippen LogP) is 2.44. The van der Waals surface area contributed by atoms with Gasteiger partial charge < -0.3 is 10.1 Å². The van der Waals surface area contributed by atoms with Crippen LogP contribution in [0, 0.1) is 11.6 Å². The highest BCUT2D eigenvalue weighted by atomic mass is 32.2. The SMILES string of the molecule is COc1ccccc1CNC(=O)C(C)N(c1ccc(F)c(F)c1)S(C)(=O)=O. The number of benzene rings is 2. The maximum absolute atomic E-state index is 13.5. The number of nitrogens with one attached hydrogen (secondary N) is 1. The van der Waals surface area contributed by atoms with Crippen molar-refractivity contribution in [1.82, 2.24) is 5.32 Å². The summed E-state index contributed by atoms with van der Waals surface area (Å²) >= 11 is 0. The molecule has 9 heteroatoms. The summed E-state index contributed by atoms with van der Waals surface area (Å²) in [4.78, 5) is 12.5. The number of amides is 1. The molecule has 2 rings (SSSR count). The summed E-state index contributed by atoms with van der Waals surface area (Å²) in [6.45, 7) is 1.47. The molecule has 2 aromatic rings. The van der Waals surface area contributed by atoms with E-state index in [0.717, 1.165) is 28.8 Å².